The van der Waals surface area contributed by atoms with Crippen molar-refractivity contribution < 1.29 is 27.9 Å². The zero-order valence-electron chi connectivity index (χ0n) is 21.1. The van der Waals surface area contributed by atoms with Crippen molar-refractivity contribution in [3.63, 3.8) is 0 Å². The summed E-state index contributed by atoms with van der Waals surface area (Å²) in [6.07, 6.45) is 8.69. The molecule has 0 aliphatic heterocycles. The third kappa shape index (κ3) is 5.77. The van der Waals surface area contributed by atoms with Crippen LogP contribution in [0.5, 0.6) is 0 Å². The molecule has 0 saturated heterocycles. The van der Waals surface area contributed by atoms with Crippen molar-refractivity contribution in [1.82, 2.24) is 10.1 Å². The number of aliphatic imine (C=N–C) groups is 1. The summed E-state index contributed by atoms with van der Waals surface area (Å²) in [7, 11) is 0. The molecule has 2 heterocycles. The molecular weight excluding hydrogens is 524 g/mol. The molecule has 0 radical (unpaired) electrons. The summed E-state index contributed by atoms with van der Waals surface area (Å²) < 4.78 is 41.0. The molecule has 2 aliphatic rings. The first-order valence-corrected chi connectivity index (χ1v) is 14.0. The van der Waals surface area contributed by atoms with Crippen molar-refractivity contribution in [2.75, 3.05) is 0 Å². The number of halogens is 2. The first-order chi connectivity index (χ1) is 18.9. The number of benzene rings is 2. The molecular formula is C29H27F2N3O4S. The Balaban J connectivity index is 1.19. The summed E-state index contributed by atoms with van der Waals surface area (Å²) in [6, 6.07) is 8.29. The Hall–Kier alpha value is -3.50. The van der Waals surface area contributed by atoms with Gasteiger partial charge in [-0.3, -0.25) is 0 Å². The van der Waals surface area contributed by atoms with E-state index in [0.717, 1.165) is 41.4 Å². The first kappa shape index (κ1) is 25.8. The van der Waals surface area contributed by atoms with Crippen molar-refractivity contribution in [2.45, 2.75) is 63.6 Å². The molecule has 1 atom stereocenters. The molecule has 2 fully saturated rings. The lowest BCUT2D eigenvalue weighted by Gasteiger charge is -2.29. The maximum absolute atomic E-state index is 14.6. The van der Waals surface area contributed by atoms with Gasteiger partial charge in [0.05, 0.1) is 28.5 Å². The number of rotatable bonds is 11. The van der Waals surface area contributed by atoms with Crippen LogP contribution in [0.1, 0.15) is 72.5 Å². The highest BCUT2D eigenvalue weighted by molar-refractivity contribution is 7.22. The van der Waals surface area contributed by atoms with Gasteiger partial charge < -0.3 is 14.4 Å². The zero-order valence-corrected chi connectivity index (χ0v) is 21.9. The van der Waals surface area contributed by atoms with Gasteiger partial charge in [0.25, 0.3) is 0 Å². The quantitative estimate of drug-likeness (QED) is 0.192. The van der Waals surface area contributed by atoms with E-state index < -0.39 is 17.6 Å². The van der Waals surface area contributed by atoms with Crippen molar-refractivity contribution >= 4 is 38.9 Å². The lowest BCUT2D eigenvalue weighted by molar-refractivity contribution is 0.0201. The number of thiazole rings is 1. The second kappa shape index (κ2) is 10.9. The Morgan fingerprint density at radius 3 is 2.77 bits per heavy atom. The number of hydrogen-bond donors (Lipinski definition) is 1. The van der Waals surface area contributed by atoms with Crippen LogP contribution in [0.4, 0.5) is 13.9 Å². The molecule has 0 spiro atoms. The first-order valence-electron chi connectivity index (χ1n) is 13.2. The molecule has 39 heavy (non-hydrogen) atoms. The monoisotopic (exact) mass is 551 g/mol. The van der Waals surface area contributed by atoms with E-state index in [-0.39, 0.29) is 29.8 Å². The number of nitrogens with zero attached hydrogens (tertiary/aromatic N) is 3. The van der Waals surface area contributed by atoms with Crippen molar-refractivity contribution in [1.29, 1.82) is 0 Å². The van der Waals surface area contributed by atoms with Gasteiger partial charge >= 0.3 is 5.97 Å². The van der Waals surface area contributed by atoms with E-state index in [4.69, 9.17) is 9.26 Å². The minimum absolute atomic E-state index is 0.111. The minimum Gasteiger partial charge on any atom is -0.478 e. The molecule has 1 unspecified atom stereocenters. The second-order valence-electron chi connectivity index (χ2n) is 10.3. The van der Waals surface area contributed by atoms with Gasteiger partial charge in [0.2, 0.25) is 5.13 Å². The fraction of sp³-hybridized carbons (Fsp3) is 0.379. The van der Waals surface area contributed by atoms with E-state index >= 15 is 0 Å². The van der Waals surface area contributed by atoms with E-state index in [2.05, 4.69) is 15.1 Å². The highest BCUT2D eigenvalue weighted by Crippen LogP contribution is 2.45. The molecule has 4 aromatic rings. The fourth-order valence-corrected chi connectivity index (χ4v) is 5.78. The van der Waals surface area contributed by atoms with Gasteiger partial charge in [-0.1, -0.05) is 35.8 Å². The molecule has 202 valence electrons. The summed E-state index contributed by atoms with van der Waals surface area (Å²) in [4.78, 5) is 20.3. The van der Waals surface area contributed by atoms with Crippen molar-refractivity contribution in [3.8, 4) is 11.3 Å². The zero-order chi connectivity index (χ0) is 26.9. The molecule has 7 nitrogen and oxygen atoms in total. The average molecular weight is 552 g/mol. The topological polar surface area (TPSA) is 97.8 Å². The highest BCUT2D eigenvalue weighted by Gasteiger charge is 2.34. The number of carboxylic acid groups (broad SMARTS) is 1. The Morgan fingerprint density at radius 2 is 2.05 bits per heavy atom. The third-order valence-electron chi connectivity index (χ3n) is 7.43. The van der Waals surface area contributed by atoms with Crippen molar-refractivity contribution in [2.24, 2.45) is 10.9 Å². The van der Waals surface area contributed by atoms with E-state index in [0.29, 0.717) is 28.7 Å². The maximum atomic E-state index is 14.6. The van der Waals surface area contributed by atoms with Gasteiger partial charge in [-0.15, -0.1) is 0 Å². The number of carboxylic acids is 1. The number of ether oxygens (including phenoxy) is 1. The van der Waals surface area contributed by atoms with Crippen LogP contribution in [0.2, 0.25) is 0 Å². The van der Waals surface area contributed by atoms with Crippen LogP contribution in [0, 0.1) is 17.6 Å². The largest absolute Gasteiger partial charge is 0.478 e. The molecule has 0 amide bonds. The van der Waals surface area contributed by atoms with Crippen molar-refractivity contribution in [3.05, 3.63) is 64.9 Å². The van der Waals surface area contributed by atoms with Gasteiger partial charge in [-0.25, -0.2) is 23.6 Å². The molecule has 0 bridgehead atoms. The summed E-state index contributed by atoms with van der Waals surface area (Å²) in [5, 5.41) is 13.9. The van der Waals surface area contributed by atoms with Crippen LogP contribution in [-0.2, 0) is 11.3 Å². The standard InChI is InChI=1S/C29H27F2N3O4S/c30-19-7-8-21(23(31)14-19)26-22(27(38-34-26)17-4-5-17)15-37-20(12-16-2-1-3-16)10-11-32-29-33-24-9-6-18(28(35)36)13-25(24)39-29/h6-9,11,13-14,16-17,20H,1-5,10,12,15H2,(H,35,36). The Labute approximate surface area is 227 Å². The molecule has 2 aromatic heterocycles. The van der Waals surface area contributed by atoms with E-state index in [1.807, 2.05) is 0 Å². The predicted octanol–water partition coefficient (Wildman–Crippen LogP) is 7.67. The predicted molar refractivity (Wildman–Crippen MR) is 144 cm³/mol. The van der Waals surface area contributed by atoms with Crippen LogP contribution < -0.4 is 0 Å². The van der Waals surface area contributed by atoms with Crippen LogP contribution in [0.3, 0.4) is 0 Å². The number of fused-ring (bicyclic) bond motifs is 1. The fourth-order valence-electron chi connectivity index (χ4n) is 4.90. The number of carbonyl (C=O) groups is 1. The van der Waals surface area contributed by atoms with Gasteiger partial charge in [0.15, 0.2) is 0 Å². The highest BCUT2D eigenvalue weighted by atomic mass is 32.1. The van der Waals surface area contributed by atoms with Crippen LogP contribution in [0.15, 0.2) is 45.9 Å². The third-order valence-corrected chi connectivity index (χ3v) is 8.36. The lowest BCUT2D eigenvalue weighted by Crippen LogP contribution is -2.22. The molecule has 2 aromatic carbocycles. The van der Waals surface area contributed by atoms with Crippen LogP contribution >= 0.6 is 11.3 Å². The van der Waals surface area contributed by atoms with Crippen LogP contribution in [-0.4, -0.2) is 33.5 Å². The lowest BCUT2D eigenvalue weighted by atomic mass is 9.81. The van der Waals surface area contributed by atoms with Gasteiger partial charge in [-0.2, -0.15) is 0 Å². The SMILES string of the molecule is O=C(O)c1ccc2nc(N=CCC(CC3CCC3)OCc3c(-c4ccc(F)cc4F)noc3C3CC3)sc2c1. The Kier molecular flexibility index (Phi) is 7.22. The smallest absolute Gasteiger partial charge is 0.335 e. The Morgan fingerprint density at radius 1 is 1.21 bits per heavy atom. The van der Waals surface area contributed by atoms with E-state index in [9.17, 15) is 18.7 Å². The molecule has 2 aliphatic carbocycles. The van der Waals surface area contributed by atoms with Gasteiger partial charge in [0, 0.05) is 35.7 Å². The number of aromatic carboxylic acids is 1. The summed E-state index contributed by atoms with van der Waals surface area (Å²) in [6.45, 7) is 0.214. The summed E-state index contributed by atoms with van der Waals surface area (Å²) in [5.41, 5.74) is 2.21. The number of hydrogen-bond acceptors (Lipinski definition) is 7. The molecule has 10 heteroatoms. The summed E-state index contributed by atoms with van der Waals surface area (Å²) >= 11 is 1.34. The second-order valence-corrected chi connectivity index (χ2v) is 11.3. The number of aromatic nitrogens is 2. The maximum Gasteiger partial charge on any atom is 0.335 e. The van der Waals surface area contributed by atoms with E-state index in [1.54, 1.807) is 18.3 Å². The average Bonchev–Trinajstić information content (AvgIpc) is 3.51. The van der Waals surface area contributed by atoms with Gasteiger partial charge in [-0.05, 0) is 55.5 Å². The molecule has 6 rings (SSSR count). The minimum atomic E-state index is -0.977. The normalized spacial score (nSPS) is 16.7. The van der Waals surface area contributed by atoms with Gasteiger partial charge in [0.1, 0.15) is 23.1 Å². The van der Waals surface area contributed by atoms with Crippen LogP contribution in [0.25, 0.3) is 21.5 Å². The summed E-state index contributed by atoms with van der Waals surface area (Å²) in [5.74, 6) is -0.735. The molecule has 1 N–H and O–H groups in total. The van der Waals surface area contributed by atoms with E-state index in [1.165, 1.54) is 48.8 Å². The molecule has 2 saturated carbocycles. The Bertz CT molecular complexity index is 1540.